The molecule has 0 bridgehead atoms. The molecule has 3 heteroatoms. The normalized spacial score (nSPS) is 11.7. The summed E-state index contributed by atoms with van der Waals surface area (Å²) in [4.78, 5) is 1.25. The van der Waals surface area contributed by atoms with Crippen molar-refractivity contribution in [2.75, 3.05) is 28.2 Å². The number of phenols is 1. The van der Waals surface area contributed by atoms with Crippen molar-refractivity contribution in [1.29, 1.82) is 0 Å². The van der Waals surface area contributed by atoms with Crippen molar-refractivity contribution in [1.82, 2.24) is 0 Å². The zero-order valence-electron chi connectivity index (χ0n) is 10.4. The van der Waals surface area contributed by atoms with Crippen LogP contribution in [-0.4, -0.2) is 44.1 Å². The van der Waals surface area contributed by atoms with E-state index in [2.05, 4.69) is 26.5 Å². The Morgan fingerprint density at radius 3 is 2.19 bits per heavy atom. The third-order valence-electron chi connectivity index (χ3n) is 2.04. The lowest BCUT2D eigenvalue weighted by atomic mass is 10.1. The highest BCUT2D eigenvalue weighted by Gasteiger charge is 2.05. The summed E-state index contributed by atoms with van der Waals surface area (Å²) in [7, 11) is 8.15. The topological polar surface area (TPSA) is 27.7 Å². The Morgan fingerprint density at radius 2 is 1.75 bits per heavy atom. The summed E-state index contributed by atoms with van der Waals surface area (Å²) in [6, 6.07) is 7.25. The number of hydrogen-bond donors (Lipinski definition) is 2. The van der Waals surface area contributed by atoms with Crippen LogP contribution in [0, 0.1) is 0 Å². The number of allylic oxidation sites excluding steroid dienone is 1. The lowest BCUT2D eigenvalue weighted by Crippen LogP contribution is -3.00. The molecule has 0 heterocycles. The number of nitrogens with one attached hydrogen (secondary N) is 1. The van der Waals surface area contributed by atoms with Gasteiger partial charge in [0.2, 0.25) is 0 Å². The minimum atomic E-state index is 0.296. The summed E-state index contributed by atoms with van der Waals surface area (Å²) in [5.41, 5.74) is 2.25. The second-order valence-electron chi connectivity index (χ2n) is 4.32. The fourth-order valence-corrected chi connectivity index (χ4v) is 1.44. The van der Waals surface area contributed by atoms with Crippen LogP contribution in [0.3, 0.4) is 0 Å². The van der Waals surface area contributed by atoms with Gasteiger partial charge in [-0.25, -0.2) is 4.58 Å². The third-order valence-corrected chi connectivity index (χ3v) is 2.04. The number of phenolic OH excluding ortho intramolecular Hbond substituents is 1. The summed E-state index contributed by atoms with van der Waals surface area (Å²) < 4.78 is 2.02. The Balaban J connectivity index is 3.11. The van der Waals surface area contributed by atoms with Crippen LogP contribution in [0.5, 0.6) is 5.75 Å². The highest BCUT2D eigenvalue weighted by atomic mass is 16.3. The van der Waals surface area contributed by atoms with Gasteiger partial charge in [-0.3, -0.25) is 0 Å². The molecule has 0 fully saturated rings. The first-order valence-electron chi connectivity index (χ1n) is 5.31. The molecule has 0 unspecified atom stereocenters. The molecule has 1 aromatic rings. The molecule has 1 aromatic carbocycles. The number of nitrogens with zero attached hydrogens (tertiary/aromatic N) is 1. The maximum Gasteiger partial charge on any atom is 0.176 e. The van der Waals surface area contributed by atoms with E-state index in [0.717, 1.165) is 11.1 Å². The first-order valence-corrected chi connectivity index (χ1v) is 5.31. The number of aromatic hydroxyl groups is 1. The second kappa shape index (κ2) is 5.47. The number of rotatable bonds is 3. The SMILES string of the molecule is C[N+](C)=CC(=C[NH+](C)C)c1ccc(O)cc1. The average Bonchev–Trinajstić information content (AvgIpc) is 2.16. The summed E-state index contributed by atoms with van der Waals surface area (Å²) >= 11 is 0. The van der Waals surface area contributed by atoms with Gasteiger partial charge in [-0.1, -0.05) is 12.1 Å². The highest BCUT2D eigenvalue weighted by molar-refractivity contribution is 6.06. The predicted molar refractivity (Wildman–Crippen MR) is 67.1 cm³/mol. The van der Waals surface area contributed by atoms with E-state index in [-0.39, 0.29) is 0 Å². The Hall–Kier alpha value is -1.61. The molecule has 0 aliphatic carbocycles. The second-order valence-corrected chi connectivity index (χ2v) is 4.32. The average molecular weight is 220 g/mol. The van der Waals surface area contributed by atoms with Gasteiger partial charge in [-0.2, -0.15) is 0 Å². The van der Waals surface area contributed by atoms with E-state index in [1.54, 1.807) is 12.1 Å². The van der Waals surface area contributed by atoms with Crippen molar-refractivity contribution in [2.24, 2.45) is 0 Å². The molecule has 0 saturated heterocycles. The smallest absolute Gasteiger partial charge is 0.176 e. The fraction of sp³-hybridized carbons (Fsp3) is 0.308. The van der Waals surface area contributed by atoms with Gasteiger partial charge < -0.3 is 10.0 Å². The number of hydrogen-bond acceptors (Lipinski definition) is 1. The molecule has 0 radical (unpaired) electrons. The molecule has 3 nitrogen and oxygen atoms in total. The van der Waals surface area contributed by atoms with Gasteiger partial charge in [-0.15, -0.1) is 0 Å². The fourth-order valence-electron chi connectivity index (χ4n) is 1.44. The molecule has 0 aliphatic rings. The van der Waals surface area contributed by atoms with E-state index in [9.17, 15) is 5.11 Å². The van der Waals surface area contributed by atoms with Gasteiger partial charge in [0, 0.05) is 0 Å². The van der Waals surface area contributed by atoms with E-state index in [0.29, 0.717) is 5.75 Å². The van der Waals surface area contributed by atoms with Gasteiger partial charge in [0.25, 0.3) is 0 Å². The third kappa shape index (κ3) is 3.87. The van der Waals surface area contributed by atoms with Crippen LogP contribution in [-0.2, 0) is 0 Å². The summed E-state index contributed by atoms with van der Waals surface area (Å²) in [5, 5.41) is 9.26. The number of benzene rings is 1. The summed E-state index contributed by atoms with van der Waals surface area (Å²) in [6.45, 7) is 0. The van der Waals surface area contributed by atoms with Crippen molar-refractivity contribution in [3.63, 3.8) is 0 Å². The molecule has 86 valence electrons. The van der Waals surface area contributed by atoms with Crippen molar-refractivity contribution in [3.05, 3.63) is 36.0 Å². The molecule has 2 N–H and O–H groups in total. The first-order chi connectivity index (χ1) is 7.49. The lowest BCUT2D eigenvalue weighted by Gasteiger charge is -2.03. The largest absolute Gasteiger partial charge is 0.508 e. The summed E-state index contributed by atoms with van der Waals surface area (Å²) in [6.07, 6.45) is 4.20. The van der Waals surface area contributed by atoms with E-state index in [1.165, 1.54) is 4.90 Å². The quantitative estimate of drug-likeness (QED) is 0.553. The molecule has 0 spiro atoms. The molecule has 1 rings (SSSR count). The Bertz CT molecular complexity index is 398. The predicted octanol–water partition coefficient (Wildman–Crippen LogP) is 0.221. The van der Waals surface area contributed by atoms with Gasteiger partial charge in [0.05, 0.1) is 19.7 Å². The molecule has 0 amide bonds. The molecule has 0 aromatic heterocycles. The molecular weight excluding hydrogens is 200 g/mol. The van der Waals surface area contributed by atoms with Crippen molar-refractivity contribution < 1.29 is 14.6 Å². The lowest BCUT2D eigenvalue weighted by molar-refractivity contribution is -0.800. The highest BCUT2D eigenvalue weighted by Crippen LogP contribution is 2.15. The number of quaternary nitrogens is 1. The first kappa shape index (κ1) is 12.5. The van der Waals surface area contributed by atoms with Crippen LogP contribution >= 0.6 is 0 Å². The summed E-state index contributed by atoms with van der Waals surface area (Å²) in [5.74, 6) is 0.296. The van der Waals surface area contributed by atoms with E-state index >= 15 is 0 Å². The van der Waals surface area contributed by atoms with Crippen molar-refractivity contribution in [3.8, 4) is 5.75 Å². The molecule has 0 atom stereocenters. The Kier molecular flexibility index (Phi) is 4.26. The standard InChI is InChI=1S/C13H18N2O/c1-14(2)9-12(10-15(3)4)11-5-7-13(16)8-6-11/h5-10H,1-4H3/p+2. The Labute approximate surface area is 97.0 Å². The van der Waals surface area contributed by atoms with E-state index in [1.807, 2.05) is 30.8 Å². The van der Waals surface area contributed by atoms with Gasteiger partial charge in [0.1, 0.15) is 26.0 Å². The van der Waals surface area contributed by atoms with Gasteiger partial charge in [0.15, 0.2) is 6.21 Å². The van der Waals surface area contributed by atoms with Crippen LogP contribution in [0.2, 0.25) is 0 Å². The van der Waals surface area contributed by atoms with Gasteiger partial charge >= 0.3 is 0 Å². The zero-order valence-corrected chi connectivity index (χ0v) is 10.4. The molecular formula is C13H20N2O+2. The van der Waals surface area contributed by atoms with Crippen LogP contribution in [0.15, 0.2) is 30.5 Å². The van der Waals surface area contributed by atoms with Crippen LogP contribution in [0.25, 0.3) is 5.57 Å². The van der Waals surface area contributed by atoms with Crippen molar-refractivity contribution in [2.45, 2.75) is 0 Å². The van der Waals surface area contributed by atoms with E-state index in [4.69, 9.17) is 0 Å². The Morgan fingerprint density at radius 1 is 1.19 bits per heavy atom. The van der Waals surface area contributed by atoms with Crippen LogP contribution in [0.1, 0.15) is 5.56 Å². The minimum Gasteiger partial charge on any atom is -0.508 e. The molecule has 0 saturated carbocycles. The van der Waals surface area contributed by atoms with Crippen molar-refractivity contribution >= 4 is 11.8 Å². The van der Waals surface area contributed by atoms with Gasteiger partial charge in [-0.05, 0) is 17.7 Å². The van der Waals surface area contributed by atoms with E-state index < -0.39 is 0 Å². The van der Waals surface area contributed by atoms with Crippen LogP contribution < -0.4 is 4.90 Å². The monoisotopic (exact) mass is 220 g/mol. The minimum absolute atomic E-state index is 0.296. The zero-order chi connectivity index (χ0) is 12.1. The maximum atomic E-state index is 9.26. The maximum absolute atomic E-state index is 9.26. The van der Waals surface area contributed by atoms with Crippen LogP contribution in [0.4, 0.5) is 0 Å². The molecule has 16 heavy (non-hydrogen) atoms. The molecule has 0 aliphatic heterocycles.